The minimum Gasteiger partial charge on any atom is -0.481 e. The van der Waals surface area contributed by atoms with Crippen molar-refractivity contribution in [3.63, 3.8) is 0 Å². The van der Waals surface area contributed by atoms with Gasteiger partial charge in [-0.25, -0.2) is 4.79 Å². The van der Waals surface area contributed by atoms with Crippen molar-refractivity contribution in [3.05, 3.63) is 102 Å². The molecule has 6 heteroatoms. The Balaban J connectivity index is 1.53. The molecule has 158 valence electrons. The van der Waals surface area contributed by atoms with Crippen molar-refractivity contribution in [2.45, 2.75) is 12.5 Å². The summed E-state index contributed by atoms with van der Waals surface area (Å²) in [6.45, 7) is -0.820. The van der Waals surface area contributed by atoms with Gasteiger partial charge in [-0.05, 0) is 29.7 Å². The van der Waals surface area contributed by atoms with E-state index in [-0.39, 0.29) is 11.8 Å². The normalized spacial score (nSPS) is 11.2. The minimum absolute atomic E-state index is 0.259. The first-order valence-corrected chi connectivity index (χ1v) is 9.86. The molecule has 0 aliphatic rings. The molecule has 0 heterocycles. The Labute approximate surface area is 180 Å². The van der Waals surface area contributed by atoms with Crippen LogP contribution in [0.4, 0.5) is 0 Å². The molecule has 1 amide bonds. The fourth-order valence-corrected chi connectivity index (χ4v) is 3.06. The quantitative estimate of drug-likeness (QED) is 0.403. The zero-order valence-corrected chi connectivity index (χ0v) is 16.9. The van der Waals surface area contributed by atoms with E-state index in [2.05, 4.69) is 5.32 Å². The van der Waals surface area contributed by atoms with E-state index >= 15 is 0 Å². The van der Waals surface area contributed by atoms with Crippen LogP contribution in [-0.4, -0.2) is 31.4 Å². The Bertz CT molecular complexity index is 1000. The Kier molecular flexibility index (Phi) is 7.94. The van der Waals surface area contributed by atoms with E-state index in [4.69, 9.17) is 9.47 Å². The van der Waals surface area contributed by atoms with Crippen LogP contribution in [0.1, 0.15) is 27.5 Å². The first kappa shape index (κ1) is 21.8. The predicted molar refractivity (Wildman–Crippen MR) is 116 cm³/mol. The van der Waals surface area contributed by atoms with Gasteiger partial charge in [0.1, 0.15) is 5.75 Å². The van der Waals surface area contributed by atoms with Crippen LogP contribution >= 0.6 is 0 Å². The lowest BCUT2D eigenvalue weighted by Gasteiger charge is -2.19. The Hall–Kier alpha value is -3.93. The summed E-state index contributed by atoms with van der Waals surface area (Å²) in [4.78, 5) is 35.4. The maximum atomic E-state index is 12.4. The molecule has 0 aliphatic heterocycles. The summed E-state index contributed by atoms with van der Waals surface area (Å²) in [6.07, 6.45) is 1.25. The summed E-state index contributed by atoms with van der Waals surface area (Å²) in [6, 6.07) is 25.7. The van der Waals surface area contributed by atoms with Gasteiger partial charge in [-0.2, -0.15) is 0 Å². The molecule has 3 rings (SSSR count). The molecule has 6 nitrogen and oxygen atoms in total. The van der Waals surface area contributed by atoms with Crippen LogP contribution in [0, 0.1) is 0 Å². The lowest BCUT2D eigenvalue weighted by Crippen LogP contribution is -2.34. The van der Waals surface area contributed by atoms with E-state index in [0.29, 0.717) is 18.3 Å². The highest BCUT2D eigenvalue weighted by Crippen LogP contribution is 2.18. The van der Waals surface area contributed by atoms with Crippen LogP contribution in [0.25, 0.3) is 0 Å². The minimum atomic E-state index is -0.699. The second-order valence-electron chi connectivity index (χ2n) is 6.83. The fraction of sp³-hybridized carbons (Fsp3) is 0.160. The molecular weight excluding hydrogens is 394 g/mol. The van der Waals surface area contributed by atoms with E-state index < -0.39 is 25.1 Å². The molecule has 1 atom stereocenters. The van der Waals surface area contributed by atoms with Crippen molar-refractivity contribution in [1.29, 1.82) is 0 Å². The van der Waals surface area contributed by atoms with E-state index in [9.17, 15) is 14.4 Å². The molecule has 0 fully saturated rings. The monoisotopic (exact) mass is 417 g/mol. The summed E-state index contributed by atoms with van der Waals surface area (Å²) >= 11 is 0. The summed E-state index contributed by atoms with van der Waals surface area (Å²) in [5, 5.41) is 2.93. The first-order chi connectivity index (χ1) is 15.2. The molecule has 31 heavy (non-hydrogen) atoms. The highest BCUT2D eigenvalue weighted by Gasteiger charge is 2.17. The van der Waals surface area contributed by atoms with E-state index in [1.807, 2.05) is 60.7 Å². The van der Waals surface area contributed by atoms with Gasteiger partial charge in [0.2, 0.25) is 0 Å². The smallest absolute Gasteiger partial charge is 0.344 e. The van der Waals surface area contributed by atoms with Crippen molar-refractivity contribution in [2.75, 3.05) is 13.2 Å². The summed E-state index contributed by atoms with van der Waals surface area (Å²) in [5.41, 5.74) is 2.37. The van der Waals surface area contributed by atoms with Crippen LogP contribution < -0.4 is 10.1 Å². The number of esters is 1. The number of carbonyl (C=O) groups excluding carboxylic acids is 3. The van der Waals surface area contributed by atoms with Crippen LogP contribution in [0.15, 0.2) is 84.9 Å². The number of benzene rings is 3. The standard InChI is InChI=1S/C25H23NO5/c27-16-21-13-7-8-14-23(21)30-18-25(29)31-17-24(28)26-22(20-11-5-2-6-12-20)15-19-9-3-1-4-10-19/h1-14,16,22H,15,17-18H2,(H,26,28)/t22-/m1/s1. The van der Waals surface area contributed by atoms with Gasteiger partial charge in [0.05, 0.1) is 11.6 Å². The van der Waals surface area contributed by atoms with Gasteiger partial charge in [-0.15, -0.1) is 0 Å². The van der Waals surface area contributed by atoms with Gasteiger partial charge in [0.15, 0.2) is 19.5 Å². The second-order valence-corrected chi connectivity index (χ2v) is 6.83. The van der Waals surface area contributed by atoms with E-state index in [1.165, 1.54) is 0 Å². The number of nitrogens with one attached hydrogen (secondary N) is 1. The number of para-hydroxylation sites is 1. The third-order valence-corrected chi connectivity index (χ3v) is 4.58. The lowest BCUT2D eigenvalue weighted by atomic mass is 9.99. The Morgan fingerprint density at radius 2 is 1.48 bits per heavy atom. The molecule has 0 saturated heterocycles. The number of hydrogen-bond donors (Lipinski definition) is 1. The van der Waals surface area contributed by atoms with Gasteiger partial charge in [-0.3, -0.25) is 9.59 Å². The molecule has 0 radical (unpaired) electrons. The molecule has 0 bridgehead atoms. The lowest BCUT2D eigenvalue weighted by molar-refractivity contribution is -0.150. The SMILES string of the molecule is O=Cc1ccccc1OCC(=O)OCC(=O)N[C@H](Cc1ccccc1)c1ccccc1. The Morgan fingerprint density at radius 1 is 0.839 bits per heavy atom. The van der Waals surface area contributed by atoms with Crippen molar-refractivity contribution >= 4 is 18.2 Å². The summed E-state index contributed by atoms with van der Waals surface area (Å²) in [7, 11) is 0. The molecule has 3 aromatic rings. The van der Waals surface area contributed by atoms with Gasteiger partial charge in [0.25, 0.3) is 5.91 Å². The van der Waals surface area contributed by atoms with Gasteiger partial charge in [-0.1, -0.05) is 72.8 Å². The number of carbonyl (C=O) groups is 3. The number of rotatable bonds is 10. The molecule has 0 spiro atoms. The number of ether oxygens (including phenoxy) is 2. The highest BCUT2D eigenvalue weighted by atomic mass is 16.6. The molecule has 0 unspecified atom stereocenters. The number of aldehydes is 1. The highest BCUT2D eigenvalue weighted by molar-refractivity contribution is 5.82. The topological polar surface area (TPSA) is 81.7 Å². The van der Waals surface area contributed by atoms with Gasteiger partial charge >= 0.3 is 5.97 Å². The van der Waals surface area contributed by atoms with Crippen molar-refractivity contribution in [2.24, 2.45) is 0 Å². The third-order valence-electron chi connectivity index (χ3n) is 4.58. The second kappa shape index (κ2) is 11.3. The van der Waals surface area contributed by atoms with Crippen molar-refractivity contribution in [1.82, 2.24) is 5.32 Å². The van der Waals surface area contributed by atoms with Crippen LogP contribution in [0.2, 0.25) is 0 Å². The van der Waals surface area contributed by atoms with Gasteiger partial charge in [0, 0.05) is 0 Å². The van der Waals surface area contributed by atoms with Crippen molar-refractivity contribution < 1.29 is 23.9 Å². The zero-order valence-electron chi connectivity index (χ0n) is 16.9. The van der Waals surface area contributed by atoms with Crippen LogP contribution in [-0.2, 0) is 20.7 Å². The van der Waals surface area contributed by atoms with E-state index in [0.717, 1.165) is 11.1 Å². The zero-order chi connectivity index (χ0) is 21.9. The van der Waals surface area contributed by atoms with Gasteiger partial charge < -0.3 is 14.8 Å². The maximum Gasteiger partial charge on any atom is 0.344 e. The molecular formula is C25H23NO5. The molecule has 0 aromatic heterocycles. The van der Waals surface area contributed by atoms with Crippen molar-refractivity contribution in [3.8, 4) is 5.75 Å². The number of hydrogen-bond acceptors (Lipinski definition) is 5. The fourth-order valence-electron chi connectivity index (χ4n) is 3.06. The number of amides is 1. The molecule has 3 aromatic carbocycles. The summed E-state index contributed by atoms with van der Waals surface area (Å²) in [5.74, 6) is -0.826. The van der Waals surface area contributed by atoms with Crippen LogP contribution in [0.5, 0.6) is 5.75 Å². The predicted octanol–water partition coefficient (Wildman–Crippen LogP) is 3.52. The summed E-state index contributed by atoms with van der Waals surface area (Å²) < 4.78 is 10.3. The average Bonchev–Trinajstić information content (AvgIpc) is 2.82. The maximum absolute atomic E-state index is 12.4. The van der Waals surface area contributed by atoms with E-state index in [1.54, 1.807) is 24.3 Å². The third kappa shape index (κ3) is 6.82. The molecule has 0 aliphatic carbocycles. The molecule has 0 saturated carbocycles. The average molecular weight is 417 g/mol. The molecule has 1 N–H and O–H groups in total. The first-order valence-electron chi connectivity index (χ1n) is 9.86. The van der Waals surface area contributed by atoms with Crippen LogP contribution in [0.3, 0.4) is 0 Å². The largest absolute Gasteiger partial charge is 0.481 e. The Morgan fingerprint density at radius 3 is 2.19 bits per heavy atom.